The number of aliphatic hydroxyl groups is 1. The molecule has 1 heterocycles. The van der Waals surface area contributed by atoms with E-state index in [1.54, 1.807) is 12.1 Å². The van der Waals surface area contributed by atoms with Crippen LogP contribution in [0.3, 0.4) is 0 Å². The first kappa shape index (κ1) is 14.1. The normalized spacial score (nSPS) is 20.0. The van der Waals surface area contributed by atoms with E-state index in [4.69, 9.17) is 10.8 Å². The van der Waals surface area contributed by atoms with Crippen molar-refractivity contribution in [1.29, 1.82) is 0 Å². The Bertz CT molecular complexity index is 424. The SMILES string of the molecule is Nc1ccc(N2CCCCC2CCO)c(C(F)F)c1. The van der Waals surface area contributed by atoms with Crippen LogP contribution in [0.15, 0.2) is 18.2 Å². The lowest BCUT2D eigenvalue weighted by atomic mass is 9.97. The summed E-state index contributed by atoms with van der Waals surface area (Å²) in [6.45, 7) is 0.842. The summed E-state index contributed by atoms with van der Waals surface area (Å²) in [5.74, 6) is 0. The molecule has 19 heavy (non-hydrogen) atoms. The third-order valence-corrected chi connectivity index (χ3v) is 3.69. The highest BCUT2D eigenvalue weighted by Gasteiger charge is 2.26. The lowest BCUT2D eigenvalue weighted by molar-refractivity contribution is 0.151. The maximum absolute atomic E-state index is 13.1. The Kier molecular flexibility index (Phi) is 4.58. The number of alkyl halides is 2. The molecule has 3 N–H and O–H groups in total. The first-order valence-electron chi connectivity index (χ1n) is 6.68. The van der Waals surface area contributed by atoms with Crippen LogP contribution in [0.1, 0.15) is 37.7 Å². The highest BCUT2D eigenvalue weighted by molar-refractivity contribution is 5.61. The fourth-order valence-corrected chi connectivity index (χ4v) is 2.78. The number of aliphatic hydroxyl groups excluding tert-OH is 1. The minimum Gasteiger partial charge on any atom is -0.399 e. The minimum atomic E-state index is -2.53. The van der Waals surface area contributed by atoms with Gasteiger partial charge in [0.25, 0.3) is 6.43 Å². The summed E-state index contributed by atoms with van der Waals surface area (Å²) in [6.07, 6.45) is 1.10. The highest BCUT2D eigenvalue weighted by atomic mass is 19.3. The number of piperidine rings is 1. The van der Waals surface area contributed by atoms with Gasteiger partial charge in [0.1, 0.15) is 0 Å². The molecule has 0 spiro atoms. The number of anilines is 2. The number of nitrogens with two attached hydrogens (primary N) is 1. The van der Waals surface area contributed by atoms with Gasteiger partial charge in [-0.2, -0.15) is 0 Å². The van der Waals surface area contributed by atoms with Crippen LogP contribution < -0.4 is 10.6 Å². The lowest BCUT2D eigenvalue weighted by Gasteiger charge is -2.38. The van der Waals surface area contributed by atoms with E-state index < -0.39 is 6.43 Å². The Hall–Kier alpha value is -1.36. The van der Waals surface area contributed by atoms with Crippen molar-refractivity contribution in [2.45, 2.75) is 38.2 Å². The van der Waals surface area contributed by atoms with Crippen molar-refractivity contribution >= 4 is 11.4 Å². The summed E-state index contributed by atoms with van der Waals surface area (Å²) in [5.41, 5.74) is 6.50. The Balaban J connectivity index is 2.32. The second kappa shape index (κ2) is 6.19. The molecule has 0 aliphatic carbocycles. The quantitative estimate of drug-likeness (QED) is 0.827. The van der Waals surface area contributed by atoms with E-state index in [9.17, 15) is 8.78 Å². The smallest absolute Gasteiger partial charge is 0.265 e. The lowest BCUT2D eigenvalue weighted by Crippen LogP contribution is -2.40. The number of halogens is 2. The van der Waals surface area contributed by atoms with Gasteiger partial charge in [0.2, 0.25) is 0 Å². The molecule has 0 amide bonds. The first-order chi connectivity index (χ1) is 9.13. The van der Waals surface area contributed by atoms with E-state index in [-0.39, 0.29) is 18.2 Å². The largest absolute Gasteiger partial charge is 0.399 e. The monoisotopic (exact) mass is 270 g/mol. The van der Waals surface area contributed by atoms with Crippen LogP contribution in [0.2, 0.25) is 0 Å². The standard InChI is InChI=1S/C14H20F2N2O/c15-14(16)12-9-10(17)4-5-13(12)18-7-2-1-3-11(18)6-8-19/h4-5,9,11,14,19H,1-3,6-8,17H2. The topological polar surface area (TPSA) is 49.5 Å². The maximum Gasteiger partial charge on any atom is 0.265 e. The molecule has 1 aliphatic rings. The van der Waals surface area contributed by atoms with Gasteiger partial charge in [0.15, 0.2) is 0 Å². The predicted molar refractivity (Wildman–Crippen MR) is 72.5 cm³/mol. The summed E-state index contributed by atoms with van der Waals surface area (Å²) in [4.78, 5) is 2.00. The third kappa shape index (κ3) is 3.15. The molecule has 106 valence electrons. The summed E-state index contributed by atoms with van der Waals surface area (Å²) < 4.78 is 26.3. The summed E-state index contributed by atoms with van der Waals surface area (Å²) in [5, 5.41) is 9.11. The first-order valence-corrected chi connectivity index (χ1v) is 6.68. The van der Waals surface area contributed by atoms with E-state index in [0.29, 0.717) is 17.8 Å². The van der Waals surface area contributed by atoms with Crippen molar-refractivity contribution in [3.8, 4) is 0 Å². The molecule has 1 unspecified atom stereocenters. The van der Waals surface area contributed by atoms with Crippen molar-refractivity contribution in [1.82, 2.24) is 0 Å². The Morgan fingerprint density at radius 1 is 1.37 bits per heavy atom. The molecule has 0 radical (unpaired) electrons. The molecule has 3 nitrogen and oxygen atoms in total. The number of rotatable bonds is 4. The Morgan fingerprint density at radius 2 is 2.16 bits per heavy atom. The van der Waals surface area contributed by atoms with E-state index in [1.807, 2.05) is 4.90 Å². The number of hydrogen-bond acceptors (Lipinski definition) is 3. The molecular weight excluding hydrogens is 250 g/mol. The number of nitrogens with zero attached hydrogens (tertiary/aromatic N) is 1. The van der Waals surface area contributed by atoms with Crippen molar-refractivity contribution in [2.24, 2.45) is 0 Å². The molecule has 1 atom stereocenters. The van der Waals surface area contributed by atoms with Gasteiger partial charge in [0, 0.05) is 36.1 Å². The van der Waals surface area contributed by atoms with Crippen LogP contribution in [0.4, 0.5) is 20.2 Å². The Morgan fingerprint density at radius 3 is 2.84 bits per heavy atom. The highest BCUT2D eigenvalue weighted by Crippen LogP contribution is 2.35. The van der Waals surface area contributed by atoms with Gasteiger partial charge in [-0.05, 0) is 43.9 Å². The van der Waals surface area contributed by atoms with E-state index >= 15 is 0 Å². The molecule has 2 rings (SSSR count). The molecule has 1 saturated heterocycles. The molecule has 1 aromatic rings. The molecule has 5 heteroatoms. The Labute approximate surface area is 112 Å². The van der Waals surface area contributed by atoms with Crippen molar-refractivity contribution < 1.29 is 13.9 Å². The molecule has 1 aliphatic heterocycles. The van der Waals surface area contributed by atoms with E-state index in [1.165, 1.54) is 6.07 Å². The van der Waals surface area contributed by atoms with Gasteiger partial charge in [-0.3, -0.25) is 0 Å². The van der Waals surface area contributed by atoms with Crippen LogP contribution in [-0.2, 0) is 0 Å². The molecule has 1 fully saturated rings. The average Bonchev–Trinajstić information content (AvgIpc) is 2.40. The van der Waals surface area contributed by atoms with Crippen LogP contribution >= 0.6 is 0 Å². The van der Waals surface area contributed by atoms with Gasteiger partial charge < -0.3 is 15.7 Å². The van der Waals surface area contributed by atoms with Gasteiger partial charge in [-0.25, -0.2) is 8.78 Å². The second-order valence-electron chi connectivity index (χ2n) is 4.97. The molecule has 1 aromatic carbocycles. The number of benzene rings is 1. The van der Waals surface area contributed by atoms with Gasteiger partial charge >= 0.3 is 0 Å². The average molecular weight is 270 g/mol. The number of nitrogen functional groups attached to an aromatic ring is 1. The molecular formula is C14H20F2N2O. The van der Waals surface area contributed by atoms with Gasteiger partial charge in [-0.1, -0.05) is 0 Å². The minimum absolute atomic E-state index is 0.00941. The summed E-state index contributed by atoms with van der Waals surface area (Å²) >= 11 is 0. The second-order valence-corrected chi connectivity index (χ2v) is 4.97. The summed E-state index contributed by atoms with van der Waals surface area (Å²) in [7, 11) is 0. The zero-order valence-corrected chi connectivity index (χ0v) is 10.9. The van der Waals surface area contributed by atoms with E-state index in [2.05, 4.69) is 0 Å². The fourth-order valence-electron chi connectivity index (χ4n) is 2.78. The van der Waals surface area contributed by atoms with E-state index in [0.717, 1.165) is 25.8 Å². The maximum atomic E-state index is 13.1. The fraction of sp³-hybridized carbons (Fsp3) is 0.571. The van der Waals surface area contributed by atoms with Gasteiger partial charge in [-0.15, -0.1) is 0 Å². The van der Waals surface area contributed by atoms with Gasteiger partial charge in [0.05, 0.1) is 0 Å². The molecule has 0 saturated carbocycles. The number of hydrogen-bond donors (Lipinski definition) is 2. The van der Waals surface area contributed by atoms with Crippen molar-refractivity contribution in [3.63, 3.8) is 0 Å². The zero-order chi connectivity index (χ0) is 13.8. The van der Waals surface area contributed by atoms with Crippen LogP contribution in [0, 0.1) is 0 Å². The zero-order valence-electron chi connectivity index (χ0n) is 10.9. The van der Waals surface area contributed by atoms with Crippen LogP contribution in [0.25, 0.3) is 0 Å². The predicted octanol–water partition coefficient (Wildman–Crippen LogP) is 2.95. The molecule has 0 aromatic heterocycles. The molecule has 0 bridgehead atoms. The van der Waals surface area contributed by atoms with Crippen LogP contribution in [0.5, 0.6) is 0 Å². The third-order valence-electron chi connectivity index (χ3n) is 3.69. The van der Waals surface area contributed by atoms with Crippen LogP contribution in [-0.4, -0.2) is 24.3 Å². The summed E-state index contributed by atoms with van der Waals surface area (Å²) in [6, 6.07) is 4.82. The van der Waals surface area contributed by atoms with Crippen molar-refractivity contribution in [3.05, 3.63) is 23.8 Å². The van der Waals surface area contributed by atoms with Crippen molar-refractivity contribution in [2.75, 3.05) is 23.8 Å².